The van der Waals surface area contributed by atoms with Crippen molar-refractivity contribution in [2.45, 2.75) is 19.1 Å². The quantitative estimate of drug-likeness (QED) is 0.741. The Kier molecular flexibility index (Phi) is 3.14. The maximum Gasteiger partial charge on any atom is 0.471 e. The van der Waals surface area contributed by atoms with Crippen molar-refractivity contribution in [2.75, 3.05) is 12.3 Å². The third-order valence-electron chi connectivity index (χ3n) is 2.86. The van der Waals surface area contributed by atoms with E-state index in [1.807, 2.05) is 0 Å². The number of alkyl halides is 3. The number of nitrogen functional groups attached to an aromatic ring is 1. The Bertz CT molecular complexity index is 502. The van der Waals surface area contributed by atoms with Gasteiger partial charge in [-0.1, -0.05) is 11.6 Å². The first kappa shape index (κ1) is 13.0. The van der Waals surface area contributed by atoms with E-state index in [9.17, 15) is 18.0 Å². The molecule has 0 radical (unpaired) electrons. The Balaban J connectivity index is 2.25. The van der Waals surface area contributed by atoms with Crippen molar-refractivity contribution in [2.24, 2.45) is 0 Å². The molecule has 0 saturated heterocycles. The number of amides is 1. The van der Waals surface area contributed by atoms with Gasteiger partial charge in [0.05, 0.1) is 10.7 Å². The van der Waals surface area contributed by atoms with Crippen LogP contribution in [0.15, 0.2) is 12.1 Å². The van der Waals surface area contributed by atoms with Gasteiger partial charge >= 0.3 is 12.1 Å². The SMILES string of the molecule is Nc1cc2c(cc1Cl)CCN(C(=O)C(F)(F)F)C2. The maximum absolute atomic E-state index is 12.3. The predicted octanol–water partition coefficient (Wildman–Crippen LogP) is 2.37. The molecule has 0 aliphatic carbocycles. The molecule has 0 saturated carbocycles. The van der Waals surface area contributed by atoms with Crippen LogP contribution in [0.1, 0.15) is 11.1 Å². The van der Waals surface area contributed by atoms with Crippen molar-refractivity contribution in [3.63, 3.8) is 0 Å². The molecule has 98 valence electrons. The fourth-order valence-corrected chi connectivity index (χ4v) is 2.14. The molecule has 7 heteroatoms. The normalized spacial score (nSPS) is 15.4. The third-order valence-corrected chi connectivity index (χ3v) is 3.19. The van der Waals surface area contributed by atoms with E-state index >= 15 is 0 Å². The molecule has 0 spiro atoms. The summed E-state index contributed by atoms with van der Waals surface area (Å²) in [7, 11) is 0. The van der Waals surface area contributed by atoms with Crippen LogP contribution in [0.3, 0.4) is 0 Å². The summed E-state index contributed by atoms with van der Waals surface area (Å²) in [4.78, 5) is 11.9. The molecule has 1 amide bonds. The number of nitrogens with zero attached hydrogens (tertiary/aromatic N) is 1. The largest absolute Gasteiger partial charge is 0.471 e. The van der Waals surface area contributed by atoms with Gasteiger partial charge in [0.25, 0.3) is 0 Å². The van der Waals surface area contributed by atoms with Gasteiger partial charge in [-0.2, -0.15) is 13.2 Å². The van der Waals surface area contributed by atoms with Crippen molar-refractivity contribution in [1.82, 2.24) is 4.90 Å². The lowest BCUT2D eigenvalue weighted by Gasteiger charge is -2.29. The van der Waals surface area contributed by atoms with Crippen LogP contribution in [0.2, 0.25) is 5.02 Å². The van der Waals surface area contributed by atoms with Gasteiger partial charge in [0.1, 0.15) is 0 Å². The lowest BCUT2D eigenvalue weighted by atomic mass is 9.99. The number of nitrogens with two attached hydrogens (primary N) is 1. The molecular weight excluding hydrogens is 269 g/mol. The maximum atomic E-state index is 12.3. The smallest absolute Gasteiger partial charge is 0.398 e. The number of anilines is 1. The molecule has 0 bridgehead atoms. The second kappa shape index (κ2) is 4.35. The molecule has 0 aromatic heterocycles. The fraction of sp³-hybridized carbons (Fsp3) is 0.364. The van der Waals surface area contributed by atoms with Crippen LogP contribution in [0.25, 0.3) is 0 Å². The van der Waals surface area contributed by atoms with Gasteiger partial charge in [0.2, 0.25) is 0 Å². The zero-order chi connectivity index (χ0) is 13.5. The summed E-state index contributed by atoms with van der Waals surface area (Å²) in [6, 6.07) is 3.16. The van der Waals surface area contributed by atoms with E-state index in [1.54, 1.807) is 6.07 Å². The molecule has 1 aliphatic rings. The zero-order valence-electron chi connectivity index (χ0n) is 9.22. The molecule has 2 rings (SSSR count). The van der Waals surface area contributed by atoms with Crippen molar-refractivity contribution in [3.8, 4) is 0 Å². The average Bonchev–Trinajstić information content (AvgIpc) is 2.28. The highest BCUT2D eigenvalue weighted by molar-refractivity contribution is 6.33. The highest BCUT2D eigenvalue weighted by Gasteiger charge is 2.43. The van der Waals surface area contributed by atoms with Crippen molar-refractivity contribution in [3.05, 3.63) is 28.3 Å². The van der Waals surface area contributed by atoms with Gasteiger partial charge in [-0.15, -0.1) is 0 Å². The van der Waals surface area contributed by atoms with Gasteiger partial charge < -0.3 is 10.6 Å². The molecule has 1 aliphatic heterocycles. The van der Waals surface area contributed by atoms with Crippen molar-refractivity contribution >= 4 is 23.2 Å². The molecule has 1 aromatic carbocycles. The number of benzene rings is 1. The van der Waals surface area contributed by atoms with Crippen LogP contribution in [0.4, 0.5) is 18.9 Å². The summed E-state index contributed by atoms with van der Waals surface area (Å²) in [6.07, 6.45) is -4.49. The summed E-state index contributed by atoms with van der Waals surface area (Å²) >= 11 is 5.83. The second-order valence-electron chi connectivity index (χ2n) is 4.12. The molecule has 18 heavy (non-hydrogen) atoms. The van der Waals surface area contributed by atoms with Crippen molar-refractivity contribution in [1.29, 1.82) is 0 Å². The lowest BCUT2D eigenvalue weighted by molar-refractivity contribution is -0.186. The fourth-order valence-electron chi connectivity index (χ4n) is 1.95. The molecule has 1 aromatic rings. The van der Waals surface area contributed by atoms with E-state index in [4.69, 9.17) is 17.3 Å². The summed E-state index contributed by atoms with van der Waals surface area (Å²) < 4.78 is 36.9. The standard InChI is InChI=1S/C11H10ClF3N2O/c12-8-3-6-1-2-17(10(18)11(13,14)15)5-7(6)4-9(8)16/h3-4H,1-2,5,16H2. The second-order valence-corrected chi connectivity index (χ2v) is 4.52. The van der Waals surface area contributed by atoms with E-state index in [2.05, 4.69) is 0 Å². The first-order valence-corrected chi connectivity index (χ1v) is 5.59. The van der Waals surface area contributed by atoms with Crippen LogP contribution >= 0.6 is 11.6 Å². The number of fused-ring (bicyclic) bond motifs is 1. The van der Waals surface area contributed by atoms with Crippen LogP contribution in [0.5, 0.6) is 0 Å². The Morgan fingerprint density at radius 1 is 1.33 bits per heavy atom. The minimum absolute atomic E-state index is 0.0333. The number of hydrogen-bond donors (Lipinski definition) is 1. The number of hydrogen-bond acceptors (Lipinski definition) is 2. The Morgan fingerprint density at radius 3 is 2.61 bits per heavy atom. The highest BCUT2D eigenvalue weighted by Crippen LogP contribution is 2.29. The van der Waals surface area contributed by atoms with E-state index in [1.165, 1.54) is 6.07 Å². The van der Waals surface area contributed by atoms with E-state index in [-0.39, 0.29) is 13.1 Å². The van der Waals surface area contributed by atoms with Gasteiger partial charge in [0.15, 0.2) is 0 Å². The number of halogens is 4. The van der Waals surface area contributed by atoms with Crippen molar-refractivity contribution < 1.29 is 18.0 Å². The van der Waals surface area contributed by atoms with Crippen LogP contribution in [-0.4, -0.2) is 23.5 Å². The Morgan fingerprint density at radius 2 is 2.00 bits per heavy atom. The summed E-state index contributed by atoms with van der Waals surface area (Å²) in [5.41, 5.74) is 7.34. The van der Waals surface area contributed by atoms with Crippen LogP contribution in [0, 0.1) is 0 Å². The minimum Gasteiger partial charge on any atom is -0.398 e. The summed E-state index contributed by atoms with van der Waals surface area (Å²) in [5.74, 6) is -1.82. The topological polar surface area (TPSA) is 46.3 Å². The monoisotopic (exact) mass is 278 g/mol. The number of carbonyl (C=O) groups excluding carboxylic acids is 1. The molecule has 0 unspecified atom stereocenters. The van der Waals surface area contributed by atoms with Crippen LogP contribution < -0.4 is 5.73 Å². The van der Waals surface area contributed by atoms with Gasteiger partial charge in [-0.05, 0) is 29.7 Å². The first-order chi connectivity index (χ1) is 8.29. The Hall–Kier alpha value is -1.43. The van der Waals surface area contributed by atoms with Gasteiger partial charge in [0, 0.05) is 13.1 Å². The van der Waals surface area contributed by atoms with Gasteiger partial charge in [-0.3, -0.25) is 4.79 Å². The van der Waals surface area contributed by atoms with Gasteiger partial charge in [-0.25, -0.2) is 0 Å². The first-order valence-electron chi connectivity index (χ1n) is 5.22. The van der Waals surface area contributed by atoms with E-state index in [0.29, 0.717) is 22.7 Å². The number of rotatable bonds is 0. The molecule has 1 heterocycles. The zero-order valence-corrected chi connectivity index (χ0v) is 9.98. The molecule has 0 atom stereocenters. The summed E-state index contributed by atoms with van der Waals surface area (Å²) in [6.45, 7) is -0.0549. The van der Waals surface area contributed by atoms with E-state index in [0.717, 1.165) is 10.5 Å². The molecular formula is C11H10ClF3N2O. The molecule has 2 N–H and O–H groups in total. The highest BCUT2D eigenvalue weighted by atomic mass is 35.5. The number of carbonyl (C=O) groups is 1. The van der Waals surface area contributed by atoms with Crippen LogP contribution in [-0.2, 0) is 17.8 Å². The molecule has 0 fully saturated rings. The lowest BCUT2D eigenvalue weighted by Crippen LogP contribution is -2.43. The average molecular weight is 279 g/mol. The van der Waals surface area contributed by atoms with E-state index < -0.39 is 12.1 Å². The third kappa shape index (κ3) is 2.38. The predicted molar refractivity (Wildman–Crippen MR) is 61.0 cm³/mol. The summed E-state index contributed by atoms with van der Waals surface area (Å²) in [5, 5.41) is 0.379. The Labute approximate surface area is 106 Å². The minimum atomic E-state index is -4.84. The molecule has 3 nitrogen and oxygen atoms in total.